The van der Waals surface area contributed by atoms with Crippen molar-refractivity contribution in [2.24, 2.45) is 17.3 Å². The molecule has 0 aliphatic heterocycles. The van der Waals surface area contributed by atoms with Gasteiger partial charge in [0.05, 0.1) is 5.60 Å². The zero-order valence-electron chi connectivity index (χ0n) is 13.4. The van der Waals surface area contributed by atoms with Crippen LogP contribution in [-0.4, -0.2) is 22.8 Å². The third-order valence-electron chi connectivity index (χ3n) is 4.66. The first-order chi connectivity index (χ1) is 9.01. The van der Waals surface area contributed by atoms with Crippen molar-refractivity contribution in [1.29, 1.82) is 0 Å². The molecule has 1 aliphatic rings. The van der Waals surface area contributed by atoms with Gasteiger partial charge in [0.2, 0.25) is 0 Å². The lowest BCUT2D eigenvalue weighted by Crippen LogP contribution is -2.50. The molecule has 3 heteroatoms. The first-order valence-electron chi connectivity index (χ1n) is 7.20. The van der Waals surface area contributed by atoms with Crippen molar-refractivity contribution >= 4 is 5.97 Å². The summed E-state index contributed by atoms with van der Waals surface area (Å²) in [7, 11) is 0. The zero-order chi connectivity index (χ0) is 15.7. The van der Waals surface area contributed by atoms with E-state index in [1.54, 1.807) is 13.8 Å². The van der Waals surface area contributed by atoms with E-state index in [2.05, 4.69) is 20.1 Å². The molecule has 0 aromatic heterocycles. The van der Waals surface area contributed by atoms with E-state index < -0.39 is 5.60 Å². The molecule has 0 saturated heterocycles. The van der Waals surface area contributed by atoms with Crippen LogP contribution in [0.5, 0.6) is 0 Å². The molecule has 4 atom stereocenters. The Morgan fingerprint density at radius 1 is 1.45 bits per heavy atom. The van der Waals surface area contributed by atoms with Crippen molar-refractivity contribution in [1.82, 2.24) is 0 Å². The highest BCUT2D eigenvalue weighted by molar-refractivity contribution is 5.66. The summed E-state index contributed by atoms with van der Waals surface area (Å²) in [5, 5.41) is 10.4. The second kappa shape index (κ2) is 5.72. The molecule has 1 fully saturated rings. The van der Waals surface area contributed by atoms with E-state index in [0.29, 0.717) is 6.42 Å². The average molecular weight is 280 g/mol. The predicted molar refractivity (Wildman–Crippen MR) is 81.2 cm³/mol. The molecule has 1 rings (SSSR count). The maximum Gasteiger partial charge on any atom is 0.302 e. The summed E-state index contributed by atoms with van der Waals surface area (Å²) in [6.45, 7) is 17.1. The van der Waals surface area contributed by atoms with E-state index in [1.807, 2.05) is 13.0 Å². The van der Waals surface area contributed by atoms with Gasteiger partial charge in [-0.05, 0) is 44.9 Å². The Balaban J connectivity index is 3.14. The number of carbonyl (C=O) groups excluding carboxylic acids is 1. The van der Waals surface area contributed by atoms with Crippen molar-refractivity contribution in [3.63, 3.8) is 0 Å². The predicted octanol–water partition coefficient (Wildman–Crippen LogP) is 3.48. The Kier molecular flexibility index (Phi) is 4.86. The van der Waals surface area contributed by atoms with E-state index in [-0.39, 0.29) is 29.3 Å². The number of carbonyl (C=O) groups is 1. The number of ether oxygens (including phenoxy) is 1. The molecular weight excluding hydrogens is 252 g/mol. The Labute approximate surface area is 122 Å². The molecule has 1 aliphatic carbocycles. The van der Waals surface area contributed by atoms with Crippen LogP contribution in [0.4, 0.5) is 0 Å². The maximum atomic E-state index is 11.4. The number of allylic oxidation sites excluding steroid dienone is 2. The fraction of sp³-hybridized carbons (Fsp3) is 0.706. The fourth-order valence-electron chi connectivity index (χ4n) is 3.46. The number of hydrogen-bond acceptors (Lipinski definition) is 3. The Hall–Kier alpha value is -1.09. The van der Waals surface area contributed by atoms with Crippen molar-refractivity contribution in [3.05, 3.63) is 24.8 Å². The lowest BCUT2D eigenvalue weighted by atomic mass is 9.58. The van der Waals surface area contributed by atoms with Gasteiger partial charge in [-0.1, -0.05) is 25.2 Å². The number of hydrogen-bond donors (Lipinski definition) is 1. The minimum atomic E-state index is -0.893. The monoisotopic (exact) mass is 280 g/mol. The second-order valence-corrected chi connectivity index (χ2v) is 6.96. The Morgan fingerprint density at radius 2 is 2.00 bits per heavy atom. The van der Waals surface area contributed by atoms with Gasteiger partial charge in [-0.15, -0.1) is 6.58 Å². The second-order valence-electron chi connectivity index (χ2n) is 6.96. The van der Waals surface area contributed by atoms with Crippen molar-refractivity contribution in [2.75, 3.05) is 0 Å². The molecule has 3 nitrogen and oxygen atoms in total. The van der Waals surface area contributed by atoms with Crippen molar-refractivity contribution < 1.29 is 14.6 Å². The largest absolute Gasteiger partial charge is 0.462 e. The summed E-state index contributed by atoms with van der Waals surface area (Å²) in [5.74, 6) is -0.159. The van der Waals surface area contributed by atoms with E-state index in [4.69, 9.17) is 4.74 Å². The van der Waals surface area contributed by atoms with Crippen LogP contribution in [-0.2, 0) is 9.53 Å². The quantitative estimate of drug-likeness (QED) is 0.633. The SMILES string of the molecule is C=C[C@@]1(C)C[C@@H](OC(C)=O)[C@H](C(C)(C)O)C[C@@H]1C(=C)C. The molecule has 0 spiro atoms. The molecule has 20 heavy (non-hydrogen) atoms. The topological polar surface area (TPSA) is 46.5 Å². The van der Waals surface area contributed by atoms with Crippen LogP contribution < -0.4 is 0 Å². The van der Waals surface area contributed by atoms with Crippen LogP contribution in [0.1, 0.15) is 47.5 Å². The normalized spacial score (nSPS) is 34.4. The van der Waals surface area contributed by atoms with Crippen LogP contribution in [0.3, 0.4) is 0 Å². The molecular formula is C17H28O3. The van der Waals surface area contributed by atoms with Gasteiger partial charge in [0, 0.05) is 12.8 Å². The van der Waals surface area contributed by atoms with Crippen LogP contribution in [0, 0.1) is 17.3 Å². The summed E-state index contributed by atoms with van der Waals surface area (Å²) >= 11 is 0. The number of aliphatic hydroxyl groups is 1. The van der Waals surface area contributed by atoms with Crippen molar-refractivity contribution in [3.8, 4) is 0 Å². The molecule has 1 N–H and O–H groups in total. The van der Waals surface area contributed by atoms with Gasteiger partial charge >= 0.3 is 5.97 Å². The fourth-order valence-corrected chi connectivity index (χ4v) is 3.46. The minimum absolute atomic E-state index is 0.0962. The highest BCUT2D eigenvalue weighted by atomic mass is 16.5. The third kappa shape index (κ3) is 3.51. The first kappa shape index (κ1) is 17.0. The lowest BCUT2D eigenvalue weighted by molar-refractivity contribution is -0.164. The summed E-state index contributed by atoms with van der Waals surface area (Å²) in [6, 6.07) is 0. The smallest absolute Gasteiger partial charge is 0.302 e. The molecule has 0 amide bonds. The summed E-state index contributed by atoms with van der Waals surface area (Å²) in [5.41, 5.74) is 0.0345. The van der Waals surface area contributed by atoms with Gasteiger partial charge in [-0.2, -0.15) is 0 Å². The average Bonchev–Trinajstić information content (AvgIpc) is 2.25. The van der Waals surface area contributed by atoms with Crippen LogP contribution in [0.25, 0.3) is 0 Å². The van der Waals surface area contributed by atoms with Crippen LogP contribution in [0.2, 0.25) is 0 Å². The molecule has 0 heterocycles. The standard InChI is InChI=1S/C17H28O3/c1-8-17(7)10-15(20-12(4)18)14(16(5,6)19)9-13(17)11(2)3/h8,13-15,19H,1-2,9-10H2,3-7H3/t13-,14-,15-,17+/m1/s1. The third-order valence-corrected chi connectivity index (χ3v) is 4.66. The molecule has 114 valence electrons. The first-order valence-corrected chi connectivity index (χ1v) is 7.20. The maximum absolute atomic E-state index is 11.4. The molecule has 0 radical (unpaired) electrons. The lowest BCUT2D eigenvalue weighted by Gasteiger charge is -2.49. The Morgan fingerprint density at radius 3 is 2.35 bits per heavy atom. The van der Waals surface area contributed by atoms with Crippen molar-refractivity contribution in [2.45, 2.75) is 59.2 Å². The van der Waals surface area contributed by atoms with Gasteiger partial charge in [0.1, 0.15) is 6.10 Å². The van der Waals surface area contributed by atoms with Gasteiger partial charge < -0.3 is 9.84 Å². The van der Waals surface area contributed by atoms with Crippen LogP contribution in [0.15, 0.2) is 24.8 Å². The zero-order valence-corrected chi connectivity index (χ0v) is 13.4. The van der Waals surface area contributed by atoms with Gasteiger partial charge in [-0.3, -0.25) is 4.79 Å². The van der Waals surface area contributed by atoms with Crippen LogP contribution >= 0.6 is 0 Å². The molecule has 1 saturated carbocycles. The summed E-state index contributed by atoms with van der Waals surface area (Å²) in [6.07, 6.45) is 3.07. The summed E-state index contributed by atoms with van der Waals surface area (Å²) in [4.78, 5) is 11.4. The van der Waals surface area contributed by atoms with Gasteiger partial charge in [-0.25, -0.2) is 0 Å². The van der Waals surface area contributed by atoms with E-state index >= 15 is 0 Å². The highest BCUT2D eigenvalue weighted by Crippen LogP contribution is 2.50. The minimum Gasteiger partial charge on any atom is -0.462 e. The molecule has 0 aromatic rings. The van der Waals surface area contributed by atoms with Gasteiger partial charge in [0.25, 0.3) is 0 Å². The molecule has 0 unspecified atom stereocenters. The Bertz CT molecular complexity index is 405. The van der Waals surface area contributed by atoms with E-state index in [0.717, 1.165) is 12.0 Å². The molecule has 0 bridgehead atoms. The van der Waals surface area contributed by atoms with E-state index in [1.165, 1.54) is 6.92 Å². The number of esters is 1. The number of rotatable bonds is 4. The summed E-state index contributed by atoms with van der Waals surface area (Å²) < 4.78 is 5.48. The van der Waals surface area contributed by atoms with E-state index in [9.17, 15) is 9.90 Å². The van der Waals surface area contributed by atoms with Gasteiger partial charge in [0.15, 0.2) is 0 Å². The highest BCUT2D eigenvalue weighted by Gasteiger charge is 2.49. The molecule has 0 aromatic carbocycles.